The maximum Gasteiger partial charge on any atom is 0.451 e. The molecule has 1 atom stereocenters. The smallest absolute Gasteiger partial charge is 0.340 e. The SMILES string of the molecule is C[C@@H](Sc1nc(C(F)(F)F)nc2ccccc12)C(=O)N(C)Cc1ccccc1. The van der Waals surface area contributed by atoms with Gasteiger partial charge in [0.2, 0.25) is 11.7 Å². The Morgan fingerprint density at radius 2 is 1.71 bits per heavy atom. The number of aromatic nitrogens is 2. The van der Waals surface area contributed by atoms with Gasteiger partial charge < -0.3 is 4.90 Å². The van der Waals surface area contributed by atoms with Crippen LogP contribution in [0.25, 0.3) is 10.9 Å². The van der Waals surface area contributed by atoms with Crippen LogP contribution in [0, 0.1) is 0 Å². The van der Waals surface area contributed by atoms with Gasteiger partial charge in [0, 0.05) is 19.0 Å². The largest absolute Gasteiger partial charge is 0.451 e. The van der Waals surface area contributed by atoms with E-state index in [0.29, 0.717) is 11.9 Å². The summed E-state index contributed by atoms with van der Waals surface area (Å²) < 4.78 is 39.5. The van der Waals surface area contributed by atoms with Crippen molar-refractivity contribution < 1.29 is 18.0 Å². The van der Waals surface area contributed by atoms with Crippen molar-refractivity contribution in [2.24, 2.45) is 0 Å². The molecule has 0 aliphatic heterocycles. The molecule has 0 N–H and O–H groups in total. The van der Waals surface area contributed by atoms with Crippen LogP contribution in [0.15, 0.2) is 59.6 Å². The molecule has 0 fully saturated rings. The van der Waals surface area contributed by atoms with E-state index in [4.69, 9.17) is 0 Å². The summed E-state index contributed by atoms with van der Waals surface area (Å²) in [5.41, 5.74) is 1.17. The van der Waals surface area contributed by atoms with E-state index >= 15 is 0 Å². The fourth-order valence-corrected chi connectivity index (χ4v) is 3.78. The number of halogens is 3. The van der Waals surface area contributed by atoms with Crippen LogP contribution in [-0.2, 0) is 17.5 Å². The molecule has 1 heterocycles. The third kappa shape index (κ3) is 4.62. The molecule has 0 aliphatic rings. The highest BCUT2D eigenvalue weighted by Crippen LogP contribution is 2.34. The molecule has 146 valence electrons. The summed E-state index contributed by atoms with van der Waals surface area (Å²) in [7, 11) is 1.67. The van der Waals surface area contributed by atoms with E-state index in [1.807, 2.05) is 30.3 Å². The summed E-state index contributed by atoms with van der Waals surface area (Å²) in [6.07, 6.45) is -4.66. The fraction of sp³-hybridized carbons (Fsp3) is 0.250. The molecule has 0 unspecified atom stereocenters. The Balaban J connectivity index is 1.83. The van der Waals surface area contributed by atoms with Crippen LogP contribution >= 0.6 is 11.8 Å². The van der Waals surface area contributed by atoms with E-state index < -0.39 is 17.3 Å². The van der Waals surface area contributed by atoms with Crippen LogP contribution < -0.4 is 0 Å². The Hall–Kier alpha value is -2.61. The Morgan fingerprint density at radius 3 is 2.39 bits per heavy atom. The lowest BCUT2D eigenvalue weighted by Gasteiger charge is -2.21. The number of alkyl halides is 3. The number of carbonyl (C=O) groups excluding carboxylic acids is 1. The van der Waals surface area contributed by atoms with Crippen LogP contribution in [0.2, 0.25) is 0 Å². The number of hydrogen-bond acceptors (Lipinski definition) is 4. The molecule has 1 aromatic heterocycles. The Morgan fingerprint density at radius 1 is 1.07 bits per heavy atom. The Kier molecular flexibility index (Phi) is 5.88. The Bertz CT molecular complexity index is 979. The normalized spacial score (nSPS) is 12.8. The minimum absolute atomic E-state index is 0.145. The maximum atomic E-state index is 13.2. The van der Waals surface area contributed by atoms with Crippen LogP contribution in [-0.4, -0.2) is 33.1 Å². The van der Waals surface area contributed by atoms with Crippen molar-refractivity contribution in [3.8, 4) is 0 Å². The maximum absolute atomic E-state index is 13.2. The molecule has 0 radical (unpaired) electrons. The number of thioether (sulfide) groups is 1. The van der Waals surface area contributed by atoms with E-state index in [1.165, 1.54) is 6.07 Å². The van der Waals surface area contributed by atoms with Gasteiger partial charge in [-0.15, -0.1) is 0 Å². The van der Waals surface area contributed by atoms with E-state index in [9.17, 15) is 18.0 Å². The van der Waals surface area contributed by atoms with Crippen molar-refractivity contribution in [1.82, 2.24) is 14.9 Å². The molecule has 0 aliphatic carbocycles. The highest BCUT2D eigenvalue weighted by molar-refractivity contribution is 8.00. The monoisotopic (exact) mass is 405 g/mol. The minimum Gasteiger partial charge on any atom is -0.340 e. The summed E-state index contributed by atoms with van der Waals surface area (Å²) >= 11 is 1.01. The van der Waals surface area contributed by atoms with Gasteiger partial charge in [-0.1, -0.05) is 60.3 Å². The van der Waals surface area contributed by atoms with Crippen LogP contribution in [0.5, 0.6) is 0 Å². The summed E-state index contributed by atoms with van der Waals surface area (Å²) in [5, 5.41) is 0.0332. The van der Waals surface area contributed by atoms with Gasteiger partial charge in [0.25, 0.3) is 0 Å². The predicted molar refractivity (Wildman–Crippen MR) is 103 cm³/mol. The number of hydrogen-bond donors (Lipinski definition) is 0. The molecule has 0 bridgehead atoms. The number of fused-ring (bicyclic) bond motifs is 1. The van der Waals surface area contributed by atoms with Gasteiger partial charge in [-0.25, -0.2) is 9.97 Å². The second-order valence-electron chi connectivity index (χ2n) is 6.31. The zero-order valence-corrected chi connectivity index (χ0v) is 16.1. The second kappa shape index (κ2) is 8.18. The minimum atomic E-state index is -4.66. The molecule has 3 rings (SSSR count). The lowest BCUT2D eigenvalue weighted by atomic mass is 10.2. The lowest BCUT2D eigenvalue weighted by molar-refractivity contribution is -0.145. The summed E-state index contributed by atoms with van der Waals surface area (Å²) in [6, 6.07) is 16.0. The first-order valence-electron chi connectivity index (χ1n) is 8.55. The van der Waals surface area contributed by atoms with Crippen molar-refractivity contribution in [1.29, 1.82) is 0 Å². The molecular formula is C20H18F3N3OS. The molecule has 0 spiro atoms. The van der Waals surface area contributed by atoms with Gasteiger partial charge in [-0.3, -0.25) is 4.79 Å². The molecule has 4 nitrogen and oxygen atoms in total. The van der Waals surface area contributed by atoms with Gasteiger partial charge in [-0.2, -0.15) is 13.2 Å². The van der Waals surface area contributed by atoms with Gasteiger partial charge in [-0.05, 0) is 18.6 Å². The first-order chi connectivity index (χ1) is 13.3. The molecule has 2 aromatic carbocycles. The number of para-hydroxylation sites is 1. The van der Waals surface area contributed by atoms with E-state index in [1.54, 1.807) is 37.1 Å². The van der Waals surface area contributed by atoms with Crippen LogP contribution in [0.3, 0.4) is 0 Å². The van der Waals surface area contributed by atoms with Crippen molar-refractivity contribution in [3.05, 3.63) is 66.0 Å². The average Bonchev–Trinajstić information content (AvgIpc) is 2.67. The van der Waals surface area contributed by atoms with E-state index in [2.05, 4.69) is 9.97 Å². The topological polar surface area (TPSA) is 46.1 Å². The van der Waals surface area contributed by atoms with Crippen molar-refractivity contribution in [3.63, 3.8) is 0 Å². The molecular weight excluding hydrogens is 387 g/mol. The molecule has 8 heteroatoms. The van der Waals surface area contributed by atoms with Crippen LogP contribution in [0.1, 0.15) is 18.3 Å². The molecule has 0 saturated carbocycles. The van der Waals surface area contributed by atoms with E-state index in [0.717, 1.165) is 17.3 Å². The Labute approximate surface area is 164 Å². The molecule has 0 saturated heterocycles. The third-order valence-electron chi connectivity index (χ3n) is 4.10. The summed E-state index contributed by atoms with van der Waals surface area (Å²) in [5.74, 6) is -1.39. The van der Waals surface area contributed by atoms with Gasteiger partial charge in [0.1, 0.15) is 5.03 Å². The average molecular weight is 405 g/mol. The molecule has 28 heavy (non-hydrogen) atoms. The first-order valence-corrected chi connectivity index (χ1v) is 9.43. The van der Waals surface area contributed by atoms with Gasteiger partial charge in [0.05, 0.1) is 10.8 Å². The molecule has 1 amide bonds. The highest BCUT2D eigenvalue weighted by Gasteiger charge is 2.36. The third-order valence-corrected chi connectivity index (χ3v) is 5.19. The first kappa shape index (κ1) is 20.1. The second-order valence-corrected chi connectivity index (χ2v) is 7.64. The highest BCUT2D eigenvalue weighted by atomic mass is 32.2. The van der Waals surface area contributed by atoms with Gasteiger partial charge in [0.15, 0.2) is 0 Å². The van der Waals surface area contributed by atoms with E-state index in [-0.39, 0.29) is 16.4 Å². The summed E-state index contributed by atoms with van der Waals surface area (Å²) in [6.45, 7) is 2.08. The van der Waals surface area contributed by atoms with Gasteiger partial charge >= 0.3 is 6.18 Å². The standard InChI is InChI=1S/C20H18F3N3OS/c1-13(18(27)26(2)12-14-8-4-3-5-9-14)28-17-15-10-6-7-11-16(15)24-19(25-17)20(21,22)23/h3-11,13H,12H2,1-2H3/t13-/m1/s1. The lowest BCUT2D eigenvalue weighted by Crippen LogP contribution is -2.32. The fourth-order valence-electron chi connectivity index (χ4n) is 2.73. The summed E-state index contributed by atoms with van der Waals surface area (Å²) in [4.78, 5) is 21.6. The number of benzene rings is 2. The zero-order valence-electron chi connectivity index (χ0n) is 15.3. The number of rotatable bonds is 5. The predicted octanol–water partition coefficient (Wildman–Crippen LogP) is 4.79. The quantitative estimate of drug-likeness (QED) is 0.452. The van der Waals surface area contributed by atoms with Crippen molar-refractivity contribution in [2.45, 2.75) is 29.9 Å². The molecule has 3 aromatic rings. The number of nitrogens with zero attached hydrogens (tertiary/aromatic N) is 3. The zero-order chi connectivity index (χ0) is 20.3. The number of carbonyl (C=O) groups is 1. The van der Waals surface area contributed by atoms with Crippen molar-refractivity contribution in [2.75, 3.05) is 7.05 Å². The number of amides is 1. The van der Waals surface area contributed by atoms with Crippen LogP contribution in [0.4, 0.5) is 13.2 Å². The van der Waals surface area contributed by atoms with Crippen molar-refractivity contribution >= 4 is 28.6 Å².